The second kappa shape index (κ2) is 8.12. The average molecular weight is 455 g/mol. The van der Waals surface area contributed by atoms with Crippen molar-refractivity contribution >= 4 is 17.2 Å². The number of hydrogen-bond acceptors (Lipinski definition) is 6. The van der Waals surface area contributed by atoms with Gasteiger partial charge in [0.25, 0.3) is 5.91 Å². The number of para-hydroxylation sites is 1. The maximum atomic E-state index is 12.8. The summed E-state index contributed by atoms with van der Waals surface area (Å²) >= 11 is 1.57. The van der Waals surface area contributed by atoms with Crippen LogP contribution >= 0.6 is 11.3 Å². The molecule has 0 bridgehead atoms. The Labute approximate surface area is 189 Å². The van der Waals surface area contributed by atoms with Crippen molar-refractivity contribution < 1.29 is 14.3 Å². The third-order valence-electron chi connectivity index (χ3n) is 5.58. The number of thiophene rings is 1. The van der Waals surface area contributed by atoms with Crippen LogP contribution in [0, 0.1) is 0 Å². The largest absolute Gasteiger partial charge is 0.483 e. The first-order valence-corrected chi connectivity index (χ1v) is 11.7. The van der Waals surface area contributed by atoms with Crippen molar-refractivity contribution in [3.05, 3.63) is 51.8 Å². The molecule has 9 heteroatoms. The fraction of sp³-hybridized carbons (Fsp3) is 0.435. The lowest BCUT2D eigenvalue weighted by molar-refractivity contribution is -0.123. The highest BCUT2D eigenvalue weighted by Gasteiger charge is 2.32. The Morgan fingerprint density at radius 2 is 2.16 bits per heavy atom. The lowest BCUT2D eigenvalue weighted by atomic mass is 10.0. The van der Waals surface area contributed by atoms with Gasteiger partial charge in [0.15, 0.2) is 23.9 Å². The molecule has 1 saturated carbocycles. The molecule has 0 unspecified atom stereocenters. The Bertz CT molecular complexity index is 1190. The Kier molecular flexibility index (Phi) is 5.28. The van der Waals surface area contributed by atoms with E-state index in [1.54, 1.807) is 15.9 Å². The van der Waals surface area contributed by atoms with Crippen LogP contribution in [0.4, 0.5) is 0 Å². The minimum Gasteiger partial charge on any atom is -0.483 e. The highest BCUT2D eigenvalue weighted by Crippen LogP contribution is 2.41. The van der Waals surface area contributed by atoms with Gasteiger partial charge in [-0.15, -0.1) is 16.4 Å². The van der Waals surface area contributed by atoms with Crippen LogP contribution in [0.2, 0.25) is 0 Å². The Hall–Kier alpha value is -3.07. The fourth-order valence-electron chi connectivity index (χ4n) is 4.00. The van der Waals surface area contributed by atoms with Crippen LogP contribution in [0.5, 0.6) is 11.5 Å². The summed E-state index contributed by atoms with van der Waals surface area (Å²) in [5.41, 5.74) is 0.685. The molecule has 168 valence electrons. The molecule has 2 aliphatic rings. The van der Waals surface area contributed by atoms with Crippen LogP contribution < -0.4 is 20.5 Å². The standard InChI is InChI=1S/C23H26N4O4S/c1-23(2)13-15-5-3-6-17(20(15)31-23)30-14-19(28)24-10-11-26-22(29)27(16-8-9-16)21(25-26)18-7-4-12-32-18/h3-7,12,16H,8-11,13-14H2,1-2H3,(H,24,28). The SMILES string of the molecule is CC1(C)Cc2cccc(OCC(=O)NCCn3nc(-c4cccs4)n(C4CC4)c3=O)c2O1. The average Bonchev–Trinajstić information content (AvgIpc) is 3.17. The van der Waals surface area contributed by atoms with Gasteiger partial charge in [-0.2, -0.15) is 0 Å². The number of carbonyl (C=O) groups excluding carboxylic acids is 1. The van der Waals surface area contributed by atoms with E-state index >= 15 is 0 Å². The Morgan fingerprint density at radius 3 is 2.91 bits per heavy atom. The number of hydrogen-bond donors (Lipinski definition) is 1. The van der Waals surface area contributed by atoms with Gasteiger partial charge in [-0.3, -0.25) is 9.36 Å². The topological polar surface area (TPSA) is 87.4 Å². The van der Waals surface area contributed by atoms with Gasteiger partial charge in [0, 0.05) is 24.6 Å². The summed E-state index contributed by atoms with van der Waals surface area (Å²) in [4.78, 5) is 26.1. The third kappa shape index (κ3) is 4.17. The first kappa shape index (κ1) is 20.8. The molecule has 2 aromatic heterocycles. The van der Waals surface area contributed by atoms with Gasteiger partial charge in [-0.25, -0.2) is 9.48 Å². The molecule has 3 aromatic rings. The molecule has 5 rings (SSSR count). The van der Waals surface area contributed by atoms with Gasteiger partial charge in [-0.05, 0) is 44.2 Å². The predicted octanol–water partition coefficient (Wildman–Crippen LogP) is 3.02. The number of fused-ring (bicyclic) bond motifs is 1. The lowest BCUT2D eigenvalue weighted by Gasteiger charge is -2.18. The van der Waals surface area contributed by atoms with Gasteiger partial charge in [-0.1, -0.05) is 18.2 Å². The van der Waals surface area contributed by atoms with E-state index in [4.69, 9.17) is 9.47 Å². The number of nitrogens with zero attached hydrogens (tertiary/aromatic N) is 3. The van der Waals surface area contributed by atoms with Gasteiger partial charge >= 0.3 is 5.69 Å². The molecule has 1 N–H and O–H groups in total. The van der Waals surface area contributed by atoms with E-state index in [2.05, 4.69) is 10.4 Å². The van der Waals surface area contributed by atoms with E-state index in [0.717, 1.165) is 29.7 Å². The maximum Gasteiger partial charge on any atom is 0.346 e. The Balaban J connectivity index is 1.18. The first-order chi connectivity index (χ1) is 15.4. The van der Waals surface area contributed by atoms with E-state index < -0.39 is 0 Å². The summed E-state index contributed by atoms with van der Waals surface area (Å²) < 4.78 is 14.9. The molecule has 1 aromatic carbocycles. The Morgan fingerprint density at radius 1 is 1.31 bits per heavy atom. The van der Waals surface area contributed by atoms with Crippen molar-refractivity contribution in [1.29, 1.82) is 0 Å². The molecule has 1 aliphatic heterocycles. The van der Waals surface area contributed by atoms with Crippen molar-refractivity contribution in [2.45, 2.75) is 51.3 Å². The van der Waals surface area contributed by atoms with Crippen molar-refractivity contribution in [3.8, 4) is 22.2 Å². The number of rotatable bonds is 8. The van der Waals surface area contributed by atoms with Crippen molar-refractivity contribution in [2.75, 3.05) is 13.2 Å². The van der Waals surface area contributed by atoms with Gasteiger partial charge < -0.3 is 14.8 Å². The van der Waals surface area contributed by atoms with Gasteiger partial charge in [0.2, 0.25) is 0 Å². The van der Waals surface area contributed by atoms with Crippen molar-refractivity contribution in [3.63, 3.8) is 0 Å². The van der Waals surface area contributed by atoms with E-state index in [-0.39, 0.29) is 29.8 Å². The molecule has 3 heterocycles. The smallest absolute Gasteiger partial charge is 0.346 e. The van der Waals surface area contributed by atoms with E-state index in [0.29, 0.717) is 30.4 Å². The zero-order chi connectivity index (χ0) is 22.3. The van der Waals surface area contributed by atoms with Crippen LogP contribution in [-0.4, -0.2) is 39.0 Å². The van der Waals surface area contributed by atoms with Crippen LogP contribution in [0.25, 0.3) is 10.7 Å². The first-order valence-electron chi connectivity index (χ1n) is 10.8. The summed E-state index contributed by atoms with van der Waals surface area (Å²) in [6.45, 7) is 4.54. The van der Waals surface area contributed by atoms with Crippen molar-refractivity contribution in [2.24, 2.45) is 0 Å². The molecular weight excluding hydrogens is 428 g/mol. The number of amides is 1. The fourth-order valence-corrected chi connectivity index (χ4v) is 4.70. The zero-order valence-corrected chi connectivity index (χ0v) is 19.0. The lowest BCUT2D eigenvalue weighted by Crippen LogP contribution is -2.34. The van der Waals surface area contributed by atoms with Gasteiger partial charge in [0.1, 0.15) is 5.60 Å². The molecule has 0 atom stereocenters. The molecule has 32 heavy (non-hydrogen) atoms. The second-order valence-corrected chi connectivity index (χ2v) is 9.78. The quantitative estimate of drug-likeness (QED) is 0.565. The van der Waals surface area contributed by atoms with Crippen LogP contribution in [0.1, 0.15) is 38.3 Å². The number of nitrogens with one attached hydrogen (secondary N) is 1. The van der Waals surface area contributed by atoms with Crippen LogP contribution in [-0.2, 0) is 17.8 Å². The summed E-state index contributed by atoms with van der Waals surface area (Å²) in [7, 11) is 0. The monoisotopic (exact) mass is 454 g/mol. The molecule has 0 radical (unpaired) electrons. The molecule has 1 aliphatic carbocycles. The van der Waals surface area contributed by atoms with Gasteiger partial charge in [0.05, 0.1) is 11.4 Å². The molecule has 0 spiro atoms. The summed E-state index contributed by atoms with van der Waals surface area (Å²) in [6.07, 6.45) is 2.81. The number of aromatic nitrogens is 3. The molecule has 0 saturated heterocycles. The molecule has 1 fully saturated rings. The number of benzene rings is 1. The van der Waals surface area contributed by atoms with Crippen LogP contribution in [0.15, 0.2) is 40.5 Å². The van der Waals surface area contributed by atoms with E-state index in [9.17, 15) is 9.59 Å². The van der Waals surface area contributed by atoms with Crippen LogP contribution in [0.3, 0.4) is 0 Å². The van der Waals surface area contributed by atoms with E-state index in [1.807, 2.05) is 49.6 Å². The molecule has 8 nitrogen and oxygen atoms in total. The minimum absolute atomic E-state index is 0.119. The van der Waals surface area contributed by atoms with Crippen molar-refractivity contribution in [1.82, 2.24) is 19.7 Å². The number of carbonyl (C=O) groups is 1. The molecule has 1 amide bonds. The maximum absolute atomic E-state index is 12.8. The second-order valence-electron chi connectivity index (χ2n) is 8.83. The summed E-state index contributed by atoms with van der Waals surface area (Å²) in [5.74, 6) is 1.74. The zero-order valence-electron chi connectivity index (χ0n) is 18.2. The number of ether oxygens (including phenoxy) is 2. The highest BCUT2D eigenvalue weighted by atomic mass is 32.1. The minimum atomic E-state index is -0.275. The van der Waals surface area contributed by atoms with E-state index in [1.165, 1.54) is 4.68 Å². The highest BCUT2D eigenvalue weighted by molar-refractivity contribution is 7.13. The normalized spacial score (nSPS) is 16.4. The molecular formula is C23H26N4O4S. The summed E-state index contributed by atoms with van der Waals surface area (Å²) in [5, 5.41) is 9.32. The predicted molar refractivity (Wildman–Crippen MR) is 121 cm³/mol. The summed E-state index contributed by atoms with van der Waals surface area (Å²) in [6, 6.07) is 9.89. The third-order valence-corrected chi connectivity index (χ3v) is 6.45.